The summed E-state index contributed by atoms with van der Waals surface area (Å²) in [4.78, 5) is 11.1. The third-order valence-corrected chi connectivity index (χ3v) is 4.74. The number of aryl methyl sites for hydroxylation is 2. The van der Waals surface area contributed by atoms with Crippen LogP contribution >= 0.6 is 8.58 Å². The molecule has 0 heterocycles. The first kappa shape index (κ1) is 15.7. The molecule has 0 saturated carbocycles. The molecule has 0 bridgehead atoms. The van der Waals surface area contributed by atoms with Gasteiger partial charge in [0.15, 0.2) is 6.29 Å². The second-order valence-corrected chi connectivity index (χ2v) is 6.43. The van der Waals surface area contributed by atoms with E-state index < -0.39 is 0 Å². The minimum Gasteiger partial charge on any atom is -0.496 e. The van der Waals surface area contributed by atoms with Gasteiger partial charge in [0.1, 0.15) is 5.75 Å². The molecule has 2 aromatic rings. The van der Waals surface area contributed by atoms with Crippen molar-refractivity contribution in [1.29, 1.82) is 0 Å². The molecule has 0 spiro atoms. The maximum Gasteiger partial charge on any atom is 0.150 e. The molecule has 1 atom stereocenters. The monoisotopic (exact) mass is 300 g/mol. The van der Waals surface area contributed by atoms with Gasteiger partial charge in [0.05, 0.1) is 7.11 Å². The number of ether oxygens (including phenoxy) is 1. The largest absolute Gasteiger partial charge is 0.496 e. The lowest BCUT2D eigenvalue weighted by Crippen LogP contribution is -2.10. The zero-order chi connectivity index (χ0) is 15.2. The minimum atomic E-state index is 0.491. The van der Waals surface area contributed by atoms with Crippen molar-refractivity contribution in [1.82, 2.24) is 0 Å². The molecular weight excluding hydrogens is 279 g/mol. The second-order valence-electron chi connectivity index (χ2n) is 5.07. The smallest absolute Gasteiger partial charge is 0.150 e. The Balaban J connectivity index is 2.38. The van der Waals surface area contributed by atoms with Crippen LogP contribution in [0, 0.1) is 6.92 Å². The van der Waals surface area contributed by atoms with Gasteiger partial charge in [0.2, 0.25) is 0 Å². The van der Waals surface area contributed by atoms with Crippen LogP contribution in [0.2, 0.25) is 0 Å². The minimum absolute atomic E-state index is 0.491. The molecule has 0 radical (unpaired) electrons. The normalized spacial score (nSPS) is 11.0. The third kappa shape index (κ3) is 3.71. The van der Waals surface area contributed by atoms with Gasteiger partial charge in [-0.25, -0.2) is 0 Å². The van der Waals surface area contributed by atoms with Crippen molar-refractivity contribution in [3.63, 3.8) is 0 Å². The van der Waals surface area contributed by atoms with E-state index in [1.165, 1.54) is 10.9 Å². The predicted molar refractivity (Wildman–Crippen MR) is 91.1 cm³/mol. The Labute approximate surface area is 128 Å². The van der Waals surface area contributed by atoms with Gasteiger partial charge in [-0.1, -0.05) is 46.2 Å². The topological polar surface area (TPSA) is 26.3 Å². The summed E-state index contributed by atoms with van der Waals surface area (Å²) in [6, 6.07) is 12.2. The summed E-state index contributed by atoms with van der Waals surface area (Å²) < 4.78 is 5.53. The Hall–Kier alpha value is -1.66. The lowest BCUT2D eigenvalue weighted by atomic mass is 10.1. The van der Waals surface area contributed by atoms with E-state index in [1.807, 2.05) is 24.3 Å². The van der Waals surface area contributed by atoms with E-state index in [0.717, 1.165) is 41.3 Å². The number of hydrogen-bond acceptors (Lipinski definition) is 2. The fraction of sp³-hybridized carbons (Fsp3) is 0.278. The van der Waals surface area contributed by atoms with E-state index in [2.05, 4.69) is 26.0 Å². The maximum atomic E-state index is 11.1. The molecule has 21 heavy (non-hydrogen) atoms. The molecule has 0 fully saturated rings. The Morgan fingerprint density at radius 1 is 1.24 bits per heavy atom. The van der Waals surface area contributed by atoms with E-state index in [4.69, 9.17) is 4.74 Å². The number of methoxy groups -OCH3 is 1. The summed E-state index contributed by atoms with van der Waals surface area (Å²) in [7, 11) is 2.22. The molecule has 0 amide bonds. The van der Waals surface area contributed by atoms with Gasteiger partial charge < -0.3 is 4.74 Å². The summed E-state index contributed by atoms with van der Waals surface area (Å²) in [6.45, 7) is 4.25. The second kappa shape index (κ2) is 7.38. The first-order chi connectivity index (χ1) is 10.2. The molecule has 2 rings (SSSR count). The molecule has 0 aliphatic heterocycles. The number of aldehydes is 1. The van der Waals surface area contributed by atoms with Crippen LogP contribution in [-0.4, -0.2) is 13.4 Å². The number of benzene rings is 2. The summed E-state index contributed by atoms with van der Waals surface area (Å²) in [5.74, 6) is 0.995. The Kier molecular flexibility index (Phi) is 5.52. The van der Waals surface area contributed by atoms with E-state index in [-0.39, 0.29) is 0 Å². The summed E-state index contributed by atoms with van der Waals surface area (Å²) >= 11 is 0. The van der Waals surface area contributed by atoms with Crippen molar-refractivity contribution in [2.45, 2.75) is 26.7 Å². The van der Waals surface area contributed by atoms with Gasteiger partial charge >= 0.3 is 0 Å². The van der Waals surface area contributed by atoms with Crippen LogP contribution in [0.4, 0.5) is 0 Å². The molecule has 0 N–H and O–H groups in total. The first-order valence-corrected chi connectivity index (χ1v) is 8.18. The molecule has 2 aromatic carbocycles. The van der Waals surface area contributed by atoms with Gasteiger partial charge in [-0.15, -0.1) is 0 Å². The SMILES string of the molecule is CCCc1cc(Pc2ccccc2C=O)cc(C)c1OC. The Morgan fingerprint density at radius 2 is 2.00 bits per heavy atom. The van der Waals surface area contributed by atoms with E-state index in [1.54, 1.807) is 7.11 Å². The average Bonchev–Trinajstić information content (AvgIpc) is 2.48. The van der Waals surface area contributed by atoms with Crippen molar-refractivity contribution in [2.75, 3.05) is 7.11 Å². The summed E-state index contributed by atoms with van der Waals surface area (Å²) in [6.07, 6.45) is 3.04. The number of hydrogen-bond donors (Lipinski definition) is 0. The fourth-order valence-electron chi connectivity index (χ4n) is 2.54. The zero-order valence-electron chi connectivity index (χ0n) is 12.8. The fourth-order valence-corrected chi connectivity index (χ4v) is 3.85. The molecule has 0 aliphatic carbocycles. The van der Waals surface area contributed by atoms with Crippen LogP contribution in [0.3, 0.4) is 0 Å². The molecular formula is C18H21O2P. The first-order valence-electron chi connectivity index (χ1n) is 7.18. The molecule has 1 unspecified atom stereocenters. The Bertz CT molecular complexity index is 635. The zero-order valence-corrected chi connectivity index (χ0v) is 13.8. The lowest BCUT2D eigenvalue weighted by Gasteiger charge is -2.14. The van der Waals surface area contributed by atoms with Crippen molar-refractivity contribution >= 4 is 25.5 Å². The highest BCUT2D eigenvalue weighted by molar-refractivity contribution is 7.55. The maximum absolute atomic E-state index is 11.1. The number of carbonyl (C=O) groups excluding carboxylic acids is 1. The average molecular weight is 300 g/mol. The van der Waals surface area contributed by atoms with Gasteiger partial charge in [-0.2, -0.15) is 0 Å². The summed E-state index contributed by atoms with van der Waals surface area (Å²) in [5.41, 5.74) is 3.20. The molecule has 0 aliphatic rings. The summed E-state index contributed by atoms with van der Waals surface area (Å²) in [5, 5.41) is 2.35. The van der Waals surface area contributed by atoms with Crippen LogP contribution in [-0.2, 0) is 6.42 Å². The van der Waals surface area contributed by atoms with Crippen molar-refractivity contribution < 1.29 is 9.53 Å². The molecule has 110 valence electrons. The quantitative estimate of drug-likeness (QED) is 0.604. The van der Waals surface area contributed by atoms with Crippen LogP contribution in [0.25, 0.3) is 0 Å². The highest BCUT2D eigenvalue weighted by atomic mass is 31.1. The van der Waals surface area contributed by atoms with E-state index >= 15 is 0 Å². The molecule has 0 aromatic heterocycles. The third-order valence-electron chi connectivity index (χ3n) is 3.44. The van der Waals surface area contributed by atoms with Gasteiger partial charge in [-0.05, 0) is 47.2 Å². The molecule has 2 nitrogen and oxygen atoms in total. The van der Waals surface area contributed by atoms with E-state index in [9.17, 15) is 4.79 Å². The predicted octanol–water partition coefficient (Wildman–Crippen LogP) is 3.40. The number of rotatable bonds is 6. The van der Waals surface area contributed by atoms with Crippen molar-refractivity contribution in [2.24, 2.45) is 0 Å². The highest BCUT2D eigenvalue weighted by Gasteiger charge is 2.10. The standard InChI is InChI=1S/C18H21O2P/c1-4-7-14-11-16(10-13(2)18(14)20-3)21-17-9-6-5-8-15(17)12-19/h5-6,8-12,21H,4,7H2,1-3H3. The molecule has 0 saturated heterocycles. The van der Waals surface area contributed by atoms with Crippen molar-refractivity contribution in [3.05, 3.63) is 53.1 Å². The lowest BCUT2D eigenvalue weighted by molar-refractivity contribution is 0.112. The van der Waals surface area contributed by atoms with E-state index in [0.29, 0.717) is 8.58 Å². The van der Waals surface area contributed by atoms with Gasteiger partial charge in [0.25, 0.3) is 0 Å². The molecule has 3 heteroatoms. The van der Waals surface area contributed by atoms with Gasteiger partial charge in [-0.3, -0.25) is 4.79 Å². The van der Waals surface area contributed by atoms with Gasteiger partial charge in [0, 0.05) is 5.56 Å². The highest BCUT2D eigenvalue weighted by Crippen LogP contribution is 2.26. The van der Waals surface area contributed by atoms with Crippen LogP contribution in [0.5, 0.6) is 5.75 Å². The Morgan fingerprint density at radius 3 is 2.67 bits per heavy atom. The van der Waals surface area contributed by atoms with Crippen LogP contribution in [0.15, 0.2) is 36.4 Å². The van der Waals surface area contributed by atoms with Crippen LogP contribution < -0.4 is 15.3 Å². The number of carbonyl (C=O) groups is 1. The van der Waals surface area contributed by atoms with Crippen molar-refractivity contribution in [3.8, 4) is 5.75 Å². The van der Waals surface area contributed by atoms with Crippen LogP contribution in [0.1, 0.15) is 34.8 Å².